The molecule has 0 unspecified atom stereocenters. The van der Waals surface area contributed by atoms with Crippen molar-refractivity contribution in [2.24, 2.45) is 0 Å². The van der Waals surface area contributed by atoms with Crippen molar-refractivity contribution in [3.8, 4) is 0 Å². The summed E-state index contributed by atoms with van der Waals surface area (Å²) in [5.74, 6) is -1.09. The van der Waals surface area contributed by atoms with Crippen molar-refractivity contribution in [2.45, 2.75) is 18.7 Å². The molecule has 5 nitrogen and oxygen atoms in total. The van der Waals surface area contributed by atoms with Crippen LogP contribution in [0.15, 0.2) is 47.4 Å². The second-order valence-electron chi connectivity index (χ2n) is 4.70. The average Bonchev–Trinajstić information content (AvgIpc) is 2.41. The topological polar surface area (TPSA) is 83.5 Å². The summed E-state index contributed by atoms with van der Waals surface area (Å²) >= 11 is 0. The van der Waals surface area contributed by atoms with Crippen LogP contribution in [0.4, 0.5) is 5.69 Å². The first-order valence-electron chi connectivity index (χ1n) is 6.23. The van der Waals surface area contributed by atoms with Crippen LogP contribution >= 0.6 is 0 Å². The van der Waals surface area contributed by atoms with Crippen molar-refractivity contribution >= 4 is 21.7 Å². The van der Waals surface area contributed by atoms with Gasteiger partial charge in [-0.25, -0.2) is 13.2 Å². The van der Waals surface area contributed by atoms with Crippen molar-refractivity contribution in [2.75, 3.05) is 4.72 Å². The minimum absolute atomic E-state index is 0.0686. The largest absolute Gasteiger partial charge is 0.478 e. The Bertz CT molecular complexity index is 780. The first-order chi connectivity index (χ1) is 9.81. The van der Waals surface area contributed by atoms with E-state index in [0.717, 1.165) is 5.56 Å². The molecule has 2 aromatic rings. The summed E-state index contributed by atoms with van der Waals surface area (Å²) in [6, 6.07) is 10.9. The van der Waals surface area contributed by atoms with E-state index in [1.54, 1.807) is 19.1 Å². The van der Waals surface area contributed by atoms with E-state index in [1.807, 2.05) is 6.92 Å². The number of nitrogens with one attached hydrogen (secondary N) is 1. The summed E-state index contributed by atoms with van der Waals surface area (Å²) in [6.07, 6.45) is 0. The molecule has 0 amide bonds. The number of carbonyl (C=O) groups is 1. The number of aromatic carboxylic acids is 1. The zero-order chi connectivity index (χ0) is 15.6. The molecule has 0 saturated carbocycles. The Morgan fingerprint density at radius 3 is 2.24 bits per heavy atom. The second kappa shape index (κ2) is 5.57. The van der Waals surface area contributed by atoms with Gasteiger partial charge in [0.15, 0.2) is 0 Å². The predicted molar refractivity (Wildman–Crippen MR) is 80.1 cm³/mol. The number of rotatable bonds is 4. The Labute approximate surface area is 123 Å². The molecule has 0 aliphatic heterocycles. The molecule has 2 aromatic carbocycles. The number of sulfonamides is 1. The van der Waals surface area contributed by atoms with E-state index < -0.39 is 16.0 Å². The highest BCUT2D eigenvalue weighted by atomic mass is 32.2. The second-order valence-corrected chi connectivity index (χ2v) is 6.38. The lowest BCUT2D eigenvalue weighted by molar-refractivity contribution is 0.0696. The highest BCUT2D eigenvalue weighted by molar-refractivity contribution is 7.92. The molecule has 0 aliphatic rings. The lowest BCUT2D eigenvalue weighted by atomic mass is 10.1. The molecule has 0 bridgehead atoms. The van der Waals surface area contributed by atoms with Gasteiger partial charge >= 0.3 is 5.97 Å². The van der Waals surface area contributed by atoms with E-state index in [2.05, 4.69) is 4.72 Å². The van der Waals surface area contributed by atoms with E-state index in [4.69, 9.17) is 5.11 Å². The fraction of sp³-hybridized carbons (Fsp3) is 0.133. The number of benzene rings is 2. The summed E-state index contributed by atoms with van der Waals surface area (Å²) in [5, 5.41) is 9.06. The highest BCUT2D eigenvalue weighted by Crippen LogP contribution is 2.22. The van der Waals surface area contributed by atoms with Crippen LogP contribution in [0.3, 0.4) is 0 Å². The summed E-state index contributed by atoms with van der Waals surface area (Å²) in [6.45, 7) is 3.43. The smallest absolute Gasteiger partial charge is 0.336 e. The summed E-state index contributed by atoms with van der Waals surface area (Å²) in [7, 11) is -3.74. The minimum atomic E-state index is -3.74. The number of carboxylic acid groups (broad SMARTS) is 1. The Kier molecular flexibility index (Phi) is 3.99. The molecule has 0 aliphatic carbocycles. The summed E-state index contributed by atoms with van der Waals surface area (Å²) in [4.78, 5) is 11.2. The van der Waals surface area contributed by atoms with Crippen LogP contribution < -0.4 is 4.72 Å². The zero-order valence-corrected chi connectivity index (χ0v) is 12.4. The molecular weight excluding hydrogens is 290 g/mol. The fourth-order valence-corrected chi connectivity index (χ4v) is 3.02. The van der Waals surface area contributed by atoms with Gasteiger partial charge in [0.05, 0.1) is 16.1 Å². The molecule has 0 spiro atoms. The SMILES string of the molecule is Cc1ccc(S(=O)(=O)Nc2cccc(C(=O)O)c2C)cc1. The molecule has 0 fully saturated rings. The summed E-state index contributed by atoms with van der Waals surface area (Å²) < 4.78 is 27.0. The van der Waals surface area contributed by atoms with Crippen LogP contribution in [0.5, 0.6) is 0 Å². The number of hydrogen-bond donors (Lipinski definition) is 2. The van der Waals surface area contributed by atoms with E-state index in [9.17, 15) is 13.2 Å². The maximum Gasteiger partial charge on any atom is 0.336 e. The van der Waals surface area contributed by atoms with Gasteiger partial charge in [0.1, 0.15) is 0 Å². The maximum atomic E-state index is 12.3. The normalized spacial score (nSPS) is 11.1. The Hall–Kier alpha value is -2.34. The highest BCUT2D eigenvalue weighted by Gasteiger charge is 2.17. The van der Waals surface area contributed by atoms with Crippen molar-refractivity contribution in [3.63, 3.8) is 0 Å². The Balaban J connectivity index is 2.39. The molecule has 6 heteroatoms. The average molecular weight is 305 g/mol. The molecule has 0 heterocycles. The molecule has 0 saturated heterocycles. The van der Waals surface area contributed by atoms with Gasteiger partial charge in [-0.1, -0.05) is 23.8 Å². The van der Waals surface area contributed by atoms with E-state index >= 15 is 0 Å². The third kappa shape index (κ3) is 3.22. The first-order valence-corrected chi connectivity index (χ1v) is 7.72. The fourth-order valence-electron chi connectivity index (χ4n) is 1.90. The van der Waals surface area contributed by atoms with Gasteiger partial charge in [-0.3, -0.25) is 4.72 Å². The quantitative estimate of drug-likeness (QED) is 0.909. The Morgan fingerprint density at radius 2 is 1.67 bits per heavy atom. The standard InChI is InChI=1S/C15H15NO4S/c1-10-6-8-12(9-7-10)21(19,20)16-14-5-3-4-13(11(14)2)15(17)18/h3-9,16H,1-2H3,(H,17,18). The van der Waals surface area contributed by atoms with Gasteiger partial charge in [-0.15, -0.1) is 0 Å². The van der Waals surface area contributed by atoms with Crippen LogP contribution in [0.25, 0.3) is 0 Å². The molecular formula is C15H15NO4S. The van der Waals surface area contributed by atoms with Gasteiger partial charge < -0.3 is 5.11 Å². The molecule has 0 atom stereocenters. The molecule has 2 N–H and O–H groups in total. The molecule has 110 valence electrons. The number of carboxylic acids is 1. The first kappa shape index (κ1) is 15.1. The number of hydrogen-bond acceptors (Lipinski definition) is 3. The lowest BCUT2D eigenvalue weighted by Crippen LogP contribution is -2.14. The van der Waals surface area contributed by atoms with Gasteiger partial charge in [0.2, 0.25) is 0 Å². The van der Waals surface area contributed by atoms with Crippen LogP contribution in [0, 0.1) is 13.8 Å². The lowest BCUT2D eigenvalue weighted by Gasteiger charge is -2.12. The molecule has 0 radical (unpaired) electrons. The van der Waals surface area contributed by atoms with Gasteiger partial charge in [-0.2, -0.15) is 0 Å². The van der Waals surface area contributed by atoms with Crippen LogP contribution in [0.2, 0.25) is 0 Å². The van der Waals surface area contributed by atoms with Crippen LogP contribution in [0.1, 0.15) is 21.5 Å². The van der Waals surface area contributed by atoms with Crippen LogP contribution in [-0.4, -0.2) is 19.5 Å². The van der Waals surface area contributed by atoms with Crippen molar-refractivity contribution < 1.29 is 18.3 Å². The third-order valence-electron chi connectivity index (χ3n) is 3.14. The van der Waals surface area contributed by atoms with Gasteiger partial charge in [0, 0.05) is 0 Å². The predicted octanol–water partition coefficient (Wildman–Crippen LogP) is 2.80. The van der Waals surface area contributed by atoms with E-state index in [1.165, 1.54) is 30.3 Å². The van der Waals surface area contributed by atoms with Crippen molar-refractivity contribution in [3.05, 3.63) is 59.2 Å². The van der Waals surface area contributed by atoms with E-state index in [0.29, 0.717) is 5.56 Å². The molecule has 0 aromatic heterocycles. The van der Waals surface area contributed by atoms with Crippen LogP contribution in [-0.2, 0) is 10.0 Å². The van der Waals surface area contributed by atoms with Gasteiger partial charge in [0.25, 0.3) is 10.0 Å². The number of aryl methyl sites for hydroxylation is 1. The zero-order valence-electron chi connectivity index (χ0n) is 11.6. The Morgan fingerprint density at radius 1 is 1.05 bits per heavy atom. The van der Waals surface area contributed by atoms with E-state index in [-0.39, 0.29) is 16.1 Å². The molecule has 21 heavy (non-hydrogen) atoms. The molecule has 2 rings (SSSR count). The minimum Gasteiger partial charge on any atom is -0.478 e. The van der Waals surface area contributed by atoms with Crippen molar-refractivity contribution in [1.29, 1.82) is 0 Å². The maximum absolute atomic E-state index is 12.3. The van der Waals surface area contributed by atoms with Crippen molar-refractivity contribution in [1.82, 2.24) is 0 Å². The monoisotopic (exact) mass is 305 g/mol. The number of anilines is 1. The van der Waals surface area contributed by atoms with Gasteiger partial charge in [-0.05, 0) is 43.7 Å². The summed E-state index contributed by atoms with van der Waals surface area (Å²) in [5.41, 5.74) is 1.66. The third-order valence-corrected chi connectivity index (χ3v) is 4.52.